The number of benzene rings is 2. The van der Waals surface area contributed by atoms with E-state index < -0.39 is 0 Å². The second-order valence-electron chi connectivity index (χ2n) is 6.85. The highest BCUT2D eigenvalue weighted by Gasteiger charge is 2.14. The van der Waals surface area contributed by atoms with Crippen LogP contribution in [0, 0.1) is 13.8 Å². The molecule has 1 aliphatic rings. The van der Waals surface area contributed by atoms with Crippen LogP contribution in [-0.4, -0.2) is 29.6 Å². The largest absolute Gasteiger partial charge is 0.362 e. The van der Waals surface area contributed by atoms with Crippen molar-refractivity contribution in [2.75, 3.05) is 25.0 Å². The van der Waals surface area contributed by atoms with Crippen LogP contribution < -0.4 is 10.6 Å². The second-order valence-corrected chi connectivity index (χ2v) is 7.26. The topological polar surface area (TPSA) is 27.3 Å². The minimum absolute atomic E-state index is 0.705. The van der Waals surface area contributed by atoms with Crippen LogP contribution in [0.25, 0.3) is 0 Å². The summed E-state index contributed by atoms with van der Waals surface area (Å²) in [6.45, 7) is 8.44. The minimum atomic E-state index is 0.705. The summed E-state index contributed by atoms with van der Waals surface area (Å²) in [6, 6.07) is 15.1. The molecule has 0 saturated carbocycles. The van der Waals surface area contributed by atoms with Crippen LogP contribution in [0.15, 0.2) is 42.5 Å². The zero-order valence-electron chi connectivity index (χ0n) is 15.1. The Kier molecular flexibility index (Phi) is 6.05. The Hall–Kier alpha value is -1.91. The normalized spacial score (nSPS) is 14.0. The molecule has 0 saturated heterocycles. The molecule has 4 heteroatoms. The number of anilines is 1. The minimum Gasteiger partial charge on any atom is -0.362 e. The van der Waals surface area contributed by atoms with Gasteiger partial charge in [0.15, 0.2) is 5.11 Å². The highest BCUT2D eigenvalue weighted by Crippen LogP contribution is 2.18. The van der Waals surface area contributed by atoms with Crippen LogP contribution >= 0.6 is 12.2 Å². The number of hydrogen-bond donors (Lipinski definition) is 2. The van der Waals surface area contributed by atoms with Gasteiger partial charge in [0, 0.05) is 31.9 Å². The number of hydrogen-bond acceptors (Lipinski definition) is 2. The van der Waals surface area contributed by atoms with E-state index in [-0.39, 0.29) is 0 Å². The number of aryl methyl sites for hydroxylation is 2. The third-order valence-corrected chi connectivity index (χ3v) is 5.02. The number of thiocarbonyl (C=S) groups is 1. The molecule has 25 heavy (non-hydrogen) atoms. The van der Waals surface area contributed by atoms with E-state index in [1.165, 1.54) is 22.3 Å². The van der Waals surface area contributed by atoms with Crippen molar-refractivity contribution >= 4 is 23.0 Å². The van der Waals surface area contributed by atoms with Gasteiger partial charge in [0.25, 0.3) is 0 Å². The van der Waals surface area contributed by atoms with E-state index in [9.17, 15) is 0 Å². The van der Waals surface area contributed by atoms with Gasteiger partial charge in [-0.3, -0.25) is 4.90 Å². The van der Waals surface area contributed by atoms with Gasteiger partial charge in [-0.1, -0.05) is 42.0 Å². The van der Waals surface area contributed by atoms with Crippen molar-refractivity contribution in [1.82, 2.24) is 10.2 Å². The number of rotatable bonds is 5. The second kappa shape index (κ2) is 8.45. The third kappa shape index (κ3) is 5.03. The van der Waals surface area contributed by atoms with Crippen LogP contribution in [-0.2, 0) is 13.0 Å². The summed E-state index contributed by atoms with van der Waals surface area (Å²) in [5, 5.41) is 7.33. The van der Waals surface area contributed by atoms with Gasteiger partial charge in [-0.05, 0) is 61.7 Å². The quantitative estimate of drug-likeness (QED) is 0.627. The highest BCUT2D eigenvalue weighted by molar-refractivity contribution is 7.80. The van der Waals surface area contributed by atoms with Gasteiger partial charge in [0.1, 0.15) is 0 Å². The molecule has 3 rings (SSSR count). The fraction of sp³-hybridized carbons (Fsp3) is 0.381. The predicted molar refractivity (Wildman–Crippen MR) is 110 cm³/mol. The fourth-order valence-electron chi connectivity index (χ4n) is 3.37. The summed E-state index contributed by atoms with van der Waals surface area (Å²) in [5.41, 5.74) is 6.56. The van der Waals surface area contributed by atoms with Crippen molar-refractivity contribution < 1.29 is 0 Å². The molecule has 2 aromatic rings. The van der Waals surface area contributed by atoms with Crippen LogP contribution in [0.3, 0.4) is 0 Å². The lowest BCUT2D eigenvalue weighted by molar-refractivity contribution is 0.251. The first-order valence-electron chi connectivity index (χ1n) is 9.03. The van der Waals surface area contributed by atoms with Crippen molar-refractivity contribution in [3.8, 4) is 0 Å². The summed E-state index contributed by atoms with van der Waals surface area (Å²) in [5.74, 6) is 0. The van der Waals surface area contributed by atoms with Gasteiger partial charge >= 0.3 is 0 Å². The van der Waals surface area contributed by atoms with Gasteiger partial charge in [-0.2, -0.15) is 0 Å². The van der Waals surface area contributed by atoms with E-state index in [2.05, 4.69) is 71.8 Å². The fourth-order valence-corrected chi connectivity index (χ4v) is 3.58. The Morgan fingerprint density at radius 2 is 1.92 bits per heavy atom. The van der Waals surface area contributed by atoms with Crippen LogP contribution in [0.5, 0.6) is 0 Å². The SMILES string of the molecule is Cc1ccc(NC(=S)NCCCN2CCc3ccccc3C2)c(C)c1. The van der Waals surface area contributed by atoms with Crippen molar-refractivity contribution in [3.05, 3.63) is 64.7 Å². The van der Waals surface area contributed by atoms with E-state index in [1.54, 1.807) is 0 Å². The maximum Gasteiger partial charge on any atom is 0.170 e. The molecule has 0 fully saturated rings. The van der Waals surface area contributed by atoms with Gasteiger partial charge in [0.2, 0.25) is 0 Å². The predicted octanol–water partition coefficient (Wildman–Crippen LogP) is 4.04. The third-order valence-electron chi connectivity index (χ3n) is 4.78. The Morgan fingerprint density at radius 3 is 2.72 bits per heavy atom. The molecule has 0 spiro atoms. The smallest absolute Gasteiger partial charge is 0.170 e. The molecule has 0 radical (unpaired) electrons. The van der Waals surface area contributed by atoms with Gasteiger partial charge in [-0.15, -0.1) is 0 Å². The molecule has 2 N–H and O–H groups in total. The van der Waals surface area contributed by atoms with Crippen LogP contribution in [0.4, 0.5) is 5.69 Å². The van der Waals surface area contributed by atoms with E-state index in [0.717, 1.165) is 44.7 Å². The van der Waals surface area contributed by atoms with Crippen molar-refractivity contribution in [3.63, 3.8) is 0 Å². The molecule has 132 valence electrons. The first-order valence-corrected chi connectivity index (χ1v) is 9.44. The number of nitrogens with one attached hydrogen (secondary N) is 2. The van der Waals surface area contributed by atoms with Gasteiger partial charge < -0.3 is 10.6 Å². The summed E-state index contributed by atoms with van der Waals surface area (Å²) in [4.78, 5) is 2.53. The highest BCUT2D eigenvalue weighted by atomic mass is 32.1. The lowest BCUT2D eigenvalue weighted by atomic mass is 10.00. The summed E-state index contributed by atoms with van der Waals surface area (Å²) < 4.78 is 0. The molecule has 0 atom stereocenters. The Labute approximate surface area is 156 Å². The van der Waals surface area contributed by atoms with E-state index >= 15 is 0 Å². The number of fused-ring (bicyclic) bond motifs is 1. The first-order chi connectivity index (χ1) is 12.1. The first kappa shape index (κ1) is 17.9. The zero-order valence-corrected chi connectivity index (χ0v) is 16.0. The molecule has 0 bridgehead atoms. The van der Waals surface area contributed by atoms with Crippen molar-refractivity contribution in [2.45, 2.75) is 33.2 Å². The monoisotopic (exact) mass is 353 g/mol. The summed E-state index contributed by atoms with van der Waals surface area (Å²) in [6.07, 6.45) is 2.26. The zero-order chi connectivity index (χ0) is 17.6. The standard InChI is InChI=1S/C21H27N3S/c1-16-8-9-20(17(2)14-16)23-21(25)22-11-5-12-24-13-10-18-6-3-4-7-19(18)15-24/h3-4,6-9,14H,5,10-13,15H2,1-2H3,(H2,22,23,25). The Morgan fingerprint density at radius 1 is 1.12 bits per heavy atom. The van der Waals surface area contributed by atoms with Crippen LogP contribution in [0.2, 0.25) is 0 Å². The maximum atomic E-state index is 5.41. The van der Waals surface area contributed by atoms with E-state index in [1.807, 2.05) is 0 Å². The van der Waals surface area contributed by atoms with E-state index in [4.69, 9.17) is 12.2 Å². The average molecular weight is 354 g/mol. The van der Waals surface area contributed by atoms with Crippen LogP contribution in [0.1, 0.15) is 28.7 Å². The molecule has 3 nitrogen and oxygen atoms in total. The molecule has 0 amide bonds. The van der Waals surface area contributed by atoms with Gasteiger partial charge in [-0.25, -0.2) is 0 Å². The Bertz CT molecular complexity index is 742. The van der Waals surface area contributed by atoms with E-state index in [0.29, 0.717) is 5.11 Å². The van der Waals surface area contributed by atoms with Crippen molar-refractivity contribution in [2.24, 2.45) is 0 Å². The maximum absolute atomic E-state index is 5.41. The Balaban J connectivity index is 1.38. The molecule has 1 heterocycles. The average Bonchev–Trinajstić information content (AvgIpc) is 2.61. The molecular weight excluding hydrogens is 326 g/mol. The summed E-state index contributed by atoms with van der Waals surface area (Å²) >= 11 is 5.41. The lowest BCUT2D eigenvalue weighted by Crippen LogP contribution is -2.34. The molecule has 0 aromatic heterocycles. The molecule has 1 aliphatic heterocycles. The number of nitrogens with zero attached hydrogens (tertiary/aromatic N) is 1. The molecule has 2 aromatic carbocycles. The molecule has 0 unspecified atom stereocenters. The van der Waals surface area contributed by atoms with Gasteiger partial charge in [0.05, 0.1) is 0 Å². The van der Waals surface area contributed by atoms with Crippen molar-refractivity contribution in [1.29, 1.82) is 0 Å². The lowest BCUT2D eigenvalue weighted by Gasteiger charge is -2.28. The molecule has 0 aliphatic carbocycles. The molecular formula is C21H27N3S. The summed E-state index contributed by atoms with van der Waals surface area (Å²) in [7, 11) is 0.